The highest BCUT2D eigenvalue weighted by Gasteiger charge is 2.41. The number of methoxy groups -OCH3 is 2. The first-order chi connectivity index (χ1) is 20.7. The van der Waals surface area contributed by atoms with E-state index < -0.39 is 0 Å². The van der Waals surface area contributed by atoms with E-state index in [-0.39, 0.29) is 46.3 Å². The third-order valence-electron chi connectivity index (χ3n) is 7.79. The molecule has 3 amide bonds. The minimum absolute atomic E-state index is 0.0399. The molecule has 43 heavy (non-hydrogen) atoms. The van der Waals surface area contributed by atoms with Gasteiger partial charge in [0.1, 0.15) is 27.4 Å². The van der Waals surface area contributed by atoms with Crippen molar-refractivity contribution in [3.8, 4) is 11.5 Å². The van der Waals surface area contributed by atoms with Gasteiger partial charge >= 0.3 is 6.03 Å². The smallest absolute Gasteiger partial charge is 0.330 e. The zero-order valence-electron chi connectivity index (χ0n) is 24.8. The average molecular weight is 635 g/mol. The molecule has 14 heteroatoms. The lowest BCUT2D eigenvalue weighted by Gasteiger charge is -2.43. The molecule has 0 aliphatic carbocycles. The molecular weight excluding hydrogens is 597 g/mol. The number of nitrogens with one attached hydrogen (secondary N) is 1. The van der Waals surface area contributed by atoms with Gasteiger partial charge in [0.25, 0.3) is 0 Å². The van der Waals surface area contributed by atoms with Gasteiger partial charge in [-0.2, -0.15) is 4.98 Å². The molecule has 1 N–H and O–H groups in total. The number of carbonyl (C=O) groups excluding carboxylic acids is 2. The van der Waals surface area contributed by atoms with Gasteiger partial charge in [0.05, 0.1) is 39.1 Å². The van der Waals surface area contributed by atoms with E-state index in [1.54, 1.807) is 23.2 Å². The highest BCUT2D eigenvalue weighted by Crippen LogP contribution is 2.48. The van der Waals surface area contributed by atoms with Gasteiger partial charge in [-0.25, -0.2) is 9.78 Å². The summed E-state index contributed by atoms with van der Waals surface area (Å²) in [6.07, 6.45) is 7.17. The van der Waals surface area contributed by atoms with E-state index in [2.05, 4.69) is 10.3 Å². The van der Waals surface area contributed by atoms with Crippen molar-refractivity contribution in [3.63, 3.8) is 0 Å². The second kappa shape index (κ2) is 13.5. The first-order valence-corrected chi connectivity index (χ1v) is 15.0. The van der Waals surface area contributed by atoms with E-state index in [1.807, 2.05) is 30.0 Å². The molecule has 0 saturated carbocycles. The number of hydrogen-bond acceptors (Lipinski definition) is 9. The quantitative estimate of drug-likeness (QED) is 0.409. The standard InChI is InChI=1S/C29H37Cl2N7O5/c1-35(2)10-5-6-23(39)36-11-7-20(8-12-36)38-27-18(15-32-28(34-27)33-19-9-13-43-17-19)16-37(29(38)40)26-24(30)21(41-3)14-22(42-4)25(26)31/h5-6,14-15,19-20H,7-13,16-17H2,1-4H3,(H,32,33,34). The van der Waals surface area contributed by atoms with Crippen molar-refractivity contribution in [2.75, 3.05) is 76.3 Å². The molecule has 2 aromatic rings. The summed E-state index contributed by atoms with van der Waals surface area (Å²) in [5.74, 6) is 1.56. The molecule has 0 spiro atoms. The molecule has 1 atom stereocenters. The Labute approximate surface area is 261 Å². The molecule has 0 bridgehead atoms. The van der Waals surface area contributed by atoms with E-state index in [0.29, 0.717) is 69.0 Å². The van der Waals surface area contributed by atoms with Crippen molar-refractivity contribution in [1.29, 1.82) is 0 Å². The summed E-state index contributed by atoms with van der Waals surface area (Å²) in [5.41, 5.74) is 1.01. The number of amides is 3. The maximum absolute atomic E-state index is 14.4. The molecule has 3 aliphatic heterocycles. The molecule has 1 aromatic heterocycles. The van der Waals surface area contributed by atoms with Crippen LogP contribution in [-0.4, -0.2) is 105 Å². The number of piperidine rings is 1. The minimum Gasteiger partial charge on any atom is -0.495 e. The van der Waals surface area contributed by atoms with Gasteiger partial charge in [-0.1, -0.05) is 29.3 Å². The van der Waals surface area contributed by atoms with Crippen LogP contribution in [0.3, 0.4) is 0 Å². The summed E-state index contributed by atoms with van der Waals surface area (Å²) < 4.78 is 16.4. The number of urea groups is 1. The number of anilines is 3. The lowest BCUT2D eigenvalue weighted by atomic mass is 10.0. The van der Waals surface area contributed by atoms with Gasteiger partial charge in [0.2, 0.25) is 11.9 Å². The number of fused-ring (bicyclic) bond motifs is 1. The van der Waals surface area contributed by atoms with Crippen LogP contribution in [0.1, 0.15) is 24.8 Å². The minimum atomic E-state index is -0.337. The third-order valence-corrected chi connectivity index (χ3v) is 8.52. The van der Waals surface area contributed by atoms with Crippen LogP contribution in [0.2, 0.25) is 10.0 Å². The van der Waals surface area contributed by atoms with Crippen LogP contribution in [0.4, 0.5) is 22.2 Å². The van der Waals surface area contributed by atoms with E-state index in [9.17, 15) is 9.59 Å². The van der Waals surface area contributed by atoms with Crippen LogP contribution in [0, 0.1) is 0 Å². The van der Waals surface area contributed by atoms with Crippen LogP contribution in [0.15, 0.2) is 24.4 Å². The molecule has 0 radical (unpaired) electrons. The predicted molar refractivity (Wildman–Crippen MR) is 166 cm³/mol. The molecule has 12 nitrogen and oxygen atoms in total. The van der Waals surface area contributed by atoms with E-state index in [1.165, 1.54) is 19.1 Å². The molecule has 1 unspecified atom stereocenters. The molecule has 2 fully saturated rings. The van der Waals surface area contributed by atoms with Crippen LogP contribution >= 0.6 is 23.2 Å². The number of carbonyl (C=O) groups is 2. The van der Waals surface area contributed by atoms with Crippen LogP contribution in [0.25, 0.3) is 0 Å². The zero-order chi connectivity index (χ0) is 30.7. The Morgan fingerprint density at radius 2 is 1.86 bits per heavy atom. The number of hydrogen-bond donors (Lipinski definition) is 1. The van der Waals surface area contributed by atoms with Gasteiger partial charge in [-0.3, -0.25) is 14.6 Å². The Morgan fingerprint density at radius 3 is 2.47 bits per heavy atom. The van der Waals surface area contributed by atoms with E-state index in [4.69, 9.17) is 42.4 Å². The van der Waals surface area contributed by atoms with Crippen molar-refractivity contribution in [2.24, 2.45) is 0 Å². The Bertz CT molecular complexity index is 1350. The molecule has 5 rings (SSSR count). The summed E-state index contributed by atoms with van der Waals surface area (Å²) >= 11 is 13.5. The Morgan fingerprint density at radius 1 is 1.16 bits per heavy atom. The summed E-state index contributed by atoms with van der Waals surface area (Å²) in [6, 6.07) is 1.11. The first kappa shape index (κ1) is 31.1. The molecule has 1 aromatic carbocycles. The SMILES string of the molecule is COc1cc(OC)c(Cl)c(N2Cc3cnc(NC4CCOC4)nc3N(C3CCN(C(=O)C=CCN(C)C)CC3)C2=O)c1Cl. The first-order valence-electron chi connectivity index (χ1n) is 14.2. The maximum Gasteiger partial charge on any atom is 0.330 e. The maximum atomic E-state index is 14.4. The number of aromatic nitrogens is 2. The topological polar surface area (TPSA) is 113 Å². The van der Waals surface area contributed by atoms with E-state index >= 15 is 0 Å². The van der Waals surface area contributed by atoms with Gasteiger partial charge in [-0.05, 0) is 33.4 Å². The van der Waals surface area contributed by atoms with Crippen molar-refractivity contribution in [3.05, 3.63) is 40.0 Å². The van der Waals surface area contributed by atoms with Crippen molar-refractivity contribution >= 4 is 52.6 Å². The Kier molecular flexibility index (Phi) is 9.80. The van der Waals surface area contributed by atoms with E-state index in [0.717, 1.165) is 12.0 Å². The highest BCUT2D eigenvalue weighted by atomic mass is 35.5. The largest absolute Gasteiger partial charge is 0.495 e. The zero-order valence-corrected chi connectivity index (χ0v) is 26.3. The lowest BCUT2D eigenvalue weighted by molar-refractivity contribution is -0.127. The van der Waals surface area contributed by atoms with Crippen molar-refractivity contribution < 1.29 is 23.8 Å². The van der Waals surface area contributed by atoms with Crippen LogP contribution < -0.4 is 24.6 Å². The summed E-state index contributed by atoms with van der Waals surface area (Å²) in [7, 11) is 6.87. The number of rotatable bonds is 9. The van der Waals surface area contributed by atoms with Gasteiger partial charge in [-0.15, -0.1) is 0 Å². The number of likely N-dealkylation sites (N-methyl/N-ethyl adjacent to an activating group) is 1. The molecule has 4 heterocycles. The molecular formula is C29H37Cl2N7O5. The van der Waals surface area contributed by atoms with Gasteiger partial charge in [0.15, 0.2) is 0 Å². The third kappa shape index (κ3) is 6.62. The highest BCUT2D eigenvalue weighted by molar-refractivity contribution is 6.42. The normalized spacial score (nSPS) is 19.4. The summed E-state index contributed by atoms with van der Waals surface area (Å²) in [6.45, 7) is 3.07. The number of nitrogens with zero attached hydrogens (tertiary/aromatic N) is 6. The molecule has 2 saturated heterocycles. The van der Waals surface area contributed by atoms with Crippen LogP contribution in [0.5, 0.6) is 11.5 Å². The molecule has 3 aliphatic rings. The number of ether oxygens (including phenoxy) is 3. The monoisotopic (exact) mass is 633 g/mol. The van der Waals surface area contributed by atoms with Crippen molar-refractivity contribution in [1.82, 2.24) is 19.8 Å². The number of benzene rings is 1. The second-order valence-electron chi connectivity index (χ2n) is 11.0. The predicted octanol–water partition coefficient (Wildman–Crippen LogP) is 4.06. The molecule has 232 valence electrons. The van der Waals surface area contributed by atoms with Gasteiger partial charge < -0.3 is 29.3 Å². The summed E-state index contributed by atoms with van der Waals surface area (Å²) in [5, 5.41) is 3.71. The average Bonchev–Trinajstić information content (AvgIpc) is 3.51. The van der Waals surface area contributed by atoms with Crippen molar-refractivity contribution in [2.45, 2.75) is 37.9 Å². The second-order valence-corrected chi connectivity index (χ2v) is 11.7. The fraction of sp³-hybridized carbons (Fsp3) is 0.517. The number of likely N-dealkylation sites (tertiary alicyclic amines) is 1. The van der Waals surface area contributed by atoms with Crippen LogP contribution in [-0.2, 0) is 16.1 Å². The Balaban J connectivity index is 1.47. The fourth-order valence-corrected chi connectivity index (χ4v) is 6.21. The number of halogens is 2. The fourth-order valence-electron chi connectivity index (χ4n) is 5.50. The van der Waals surface area contributed by atoms with Gasteiger partial charge in [0, 0.05) is 56.2 Å². The summed E-state index contributed by atoms with van der Waals surface area (Å²) in [4.78, 5) is 43.6. The Hall–Kier alpha value is -3.32. The lowest BCUT2D eigenvalue weighted by Crippen LogP contribution is -2.55.